The van der Waals surface area contributed by atoms with E-state index in [-0.39, 0.29) is 5.01 Å². The molecule has 0 bridgehead atoms. The number of nitrogens with zero attached hydrogens (tertiary/aromatic N) is 3. The van der Waals surface area contributed by atoms with Crippen LogP contribution >= 0.6 is 15.9 Å². The normalized spacial score (nSPS) is 20.3. The van der Waals surface area contributed by atoms with Crippen molar-refractivity contribution in [3.05, 3.63) is 22.4 Å². The van der Waals surface area contributed by atoms with Crippen molar-refractivity contribution >= 4 is 21.7 Å². The summed E-state index contributed by atoms with van der Waals surface area (Å²) in [6.07, 6.45) is -9.84. The molecule has 0 aromatic carbocycles. The second-order valence-electron chi connectivity index (χ2n) is 4.59. The maximum atomic E-state index is 13.8. The Labute approximate surface area is 131 Å². The van der Waals surface area contributed by atoms with E-state index in [4.69, 9.17) is 0 Å². The Morgan fingerprint density at radius 1 is 1.13 bits per heavy atom. The Balaban J connectivity index is 2.56. The molecule has 1 aliphatic heterocycles. The van der Waals surface area contributed by atoms with E-state index in [9.17, 15) is 35.1 Å². The number of H-pyrrole nitrogens is 1. The van der Waals surface area contributed by atoms with Gasteiger partial charge in [0.05, 0.1) is 6.20 Å². The SMILES string of the molecule is CN1C=C(Br)C(C(F)(F)C(F)(F)F)N1c1[nH]ncc1C(F)(F)F. The summed E-state index contributed by atoms with van der Waals surface area (Å²) in [5, 5.41) is 5.74. The van der Waals surface area contributed by atoms with Crippen molar-refractivity contribution in [3.63, 3.8) is 0 Å². The third kappa shape index (κ3) is 2.85. The van der Waals surface area contributed by atoms with E-state index in [0.717, 1.165) is 13.2 Å². The van der Waals surface area contributed by atoms with Crippen LogP contribution in [0.2, 0.25) is 0 Å². The maximum absolute atomic E-state index is 13.8. The molecule has 23 heavy (non-hydrogen) atoms. The molecule has 1 aliphatic rings. The number of aromatic amines is 1. The van der Waals surface area contributed by atoms with Crippen LogP contribution in [0.25, 0.3) is 0 Å². The lowest BCUT2D eigenvalue weighted by Gasteiger charge is -2.37. The summed E-state index contributed by atoms with van der Waals surface area (Å²) in [4.78, 5) is 0. The predicted octanol–water partition coefficient (Wildman–Crippen LogP) is 3.90. The second kappa shape index (κ2) is 5.24. The number of hydrogen-bond donors (Lipinski definition) is 1. The Kier molecular flexibility index (Phi) is 4.06. The van der Waals surface area contributed by atoms with Gasteiger partial charge < -0.3 is 0 Å². The first-order chi connectivity index (χ1) is 10.3. The van der Waals surface area contributed by atoms with Gasteiger partial charge in [0.25, 0.3) is 0 Å². The minimum Gasteiger partial charge on any atom is -0.293 e. The summed E-state index contributed by atoms with van der Waals surface area (Å²) in [6.45, 7) is 0. The van der Waals surface area contributed by atoms with E-state index in [2.05, 4.69) is 21.0 Å². The molecule has 0 radical (unpaired) electrons. The average molecular weight is 415 g/mol. The lowest BCUT2D eigenvalue weighted by molar-refractivity contribution is -0.286. The third-order valence-electron chi connectivity index (χ3n) is 3.03. The van der Waals surface area contributed by atoms with Crippen molar-refractivity contribution in [2.75, 3.05) is 12.1 Å². The number of alkyl halides is 8. The fourth-order valence-corrected chi connectivity index (χ4v) is 2.82. The number of hydrogen-bond acceptors (Lipinski definition) is 3. The lowest BCUT2D eigenvalue weighted by Crippen LogP contribution is -2.56. The Morgan fingerprint density at radius 2 is 1.70 bits per heavy atom. The van der Waals surface area contributed by atoms with Gasteiger partial charge in [-0.15, -0.1) is 0 Å². The molecular formula is C10H7BrF8N4. The summed E-state index contributed by atoms with van der Waals surface area (Å²) >= 11 is 2.56. The van der Waals surface area contributed by atoms with Crippen LogP contribution in [0, 0.1) is 0 Å². The molecule has 1 N–H and O–H groups in total. The van der Waals surface area contributed by atoms with Crippen LogP contribution in [0.1, 0.15) is 5.56 Å². The highest BCUT2D eigenvalue weighted by molar-refractivity contribution is 9.11. The van der Waals surface area contributed by atoms with Gasteiger partial charge in [-0.2, -0.15) is 40.2 Å². The number of nitrogens with one attached hydrogen (secondary N) is 1. The van der Waals surface area contributed by atoms with Gasteiger partial charge in [-0.3, -0.25) is 15.1 Å². The van der Waals surface area contributed by atoms with E-state index < -0.39 is 40.2 Å². The molecule has 130 valence electrons. The predicted molar refractivity (Wildman–Crippen MR) is 65.6 cm³/mol. The van der Waals surface area contributed by atoms with Crippen molar-refractivity contribution < 1.29 is 35.1 Å². The number of anilines is 1. The van der Waals surface area contributed by atoms with Crippen LogP contribution < -0.4 is 5.01 Å². The first kappa shape index (κ1) is 17.8. The minimum atomic E-state index is -5.97. The van der Waals surface area contributed by atoms with Crippen molar-refractivity contribution in [2.24, 2.45) is 0 Å². The highest BCUT2D eigenvalue weighted by atomic mass is 79.9. The van der Waals surface area contributed by atoms with Crippen LogP contribution in [0.15, 0.2) is 16.9 Å². The van der Waals surface area contributed by atoms with Crippen LogP contribution in [0.5, 0.6) is 0 Å². The van der Waals surface area contributed by atoms with Crippen molar-refractivity contribution in [1.82, 2.24) is 15.2 Å². The summed E-state index contributed by atoms with van der Waals surface area (Å²) in [7, 11) is 1.02. The zero-order valence-corrected chi connectivity index (χ0v) is 12.6. The summed E-state index contributed by atoms with van der Waals surface area (Å²) in [5.41, 5.74) is -1.47. The molecule has 2 heterocycles. The number of hydrazine groups is 1. The molecule has 1 aromatic heterocycles. The van der Waals surface area contributed by atoms with Gasteiger partial charge in [0, 0.05) is 17.7 Å². The molecule has 4 nitrogen and oxygen atoms in total. The minimum absolute atomic E-state index is 0.146. The Bertz CT molecular complexity index is 619. The average Bonchev–Trinajstić information content (AvgIpc) is 2.90. The fourth-order valence-electron chi connectivity index (χ4n) is 2.04. The largest absolute Gasteiger partial charge is 0.455 e. The molecular weight excluding hydrogens is 408 g/mol. The van der Waals surface area contributed by atoms with Crippen molar-refractivity contribution in [3.8, 4) is 0 Å². The summed E-state index contributed by atoms with van der Waals surface area (Å²) < 4.78 is 103. The van der Waals surface area contributed by atoms with E-state index in [1.54, 1.807) is 0 Å². The van der Waals surface area contributed by atoms with Crippen molar-refractivity contribution in [1.29, 1.82) is 0 Å². The third-order valence-corrected chi connectivity index (χ3v) is 3.67. The molecule has 0 fully saturated rings. The van der Waals surface area contributed by atoms with E-state index in [1.165, 1.54) is 0 Å². The highest BCUT2D eigenvalue weighted by Gasteiger charge is 2.67. The van der Waals surface area contributed by atoms with Crippen LogP contribution in [-0.4, -0.2) is 40.4 Å². The van der Waals surface area contributed by atoms with Gasteiger partial charge in [-0.1, -0.05) is 15.9 Å². The molecule has 13 heteroatoms. The summed E-state index contributed by atoms with van der Waals surface area (Å²) in [5.74, 6) is -6.35. The summed E-state index contributed by atoms with van der Waals surface area (Å²) in [6, 6.07) is -2.74. The topological polar surface area (TPSA) is 35.2 Å². The monoisotopic (exact) mass is 414 g/mol. The van der Waals surface area contributed by atoms with E-state index in [0.29, 0.717) is 11.2 Å². The fraction of sp³-hybridized carbons (Fsp3) is 0.500. The van der Waals surface area contributed by atoms with Crippen molar-refractivity contribution in [2.45, 2.75) is 24.3 Å². The molecule has 1 atom stereocenters. The molecule has 1 unspecified atom stereocenters. The molecule has 0 saturated carbocycles. The number of halogens is 9. The Morgan fingerprint density at radius 3 is 2.17 bits per heavy atom. The molecule has 0 aliphatic carbocycles. The number of rotatable bonds is 2. The van der Waals surface area contributed by atoms with Gasteiger partial charge in [-0.05, 0) is 0 Å². The van der Waals surface area contributed by atoms with E-state index >= 15 is 0 Å². The zero-order valence-electron chi connectivity index (χ0n) is 11.0. The first-order valence-electron chi connectivity index (χ1n) is 5.72. The molecule has 2 rings (SSSR count). The standard InChI is InChI=1S/C10H7BrF8N4/c1-22-3-5(11)6(8(12,13)10(17,18)19)23(22)7-4(2-20-21-7)9(14,15)16/h2-3,6H,1H3,(H,20,21). The molecule has 0 amide bonds. The van der Waals surface area contributed by atoms with Crippen LogP contribution in [0.3, 0.4) is 0 Å². The van der Waals surface area contributed by atoms with Gasteiger partial charge in [0.1, 0.15) is 5.56 Å². The maximum Gasteiger partial charge on any atom is 0.455 e. The smallest absolute Gasteiger partial charge is 0.293 e. The van der Waals surface area contributed by atoms with Gasteiger partial charge in [0.15, 0.2) is 11.9 Å². The van der Waals surface area contributed by atoms with Gasteiger partial charge in [-0.25, -0.2) is 0 Å². The van der Waals surface area contributed by atoms with E-state index in [1.807, 2.05) is 5.10 Å². The first-order valence-corrected chi connectivity index (χ1v) is 6.52. The zero-order chi connectivity index (χ0) is 17.8. The molecule has 0 saturated heterocycles. The lowest BCUT2D eigenvalue weighted by atomic mass is 10.1. The van der Waals surface area contributed by atoms with Crippen LogP contribution in [0.4, 0.5) is 40.9 Å². The van der Waals surface area contributed by atoms with Gasteiger partial charge >= 0.3 is 18.3 Å². The quantitative estimate of drug-likeness (QED) is 0.745. The number of aromatic nitrogens is 2. The molecule has 0 spiro atoms. The van der Waals surface area contributed by atoms with Crippen LogP contribution in [-0.2, 0) is 6.18 Å². The highest BCUT2D eigenvalue weighted by Crippen LogP contribution is 2.48. The second-order valence-corrected chi connectivity index (χ2v) is 5.50. The Hall–Kier alpha value is -1.53. The van der Waals surface area contributed by atoms with Gasteiger partial charge in [0.2, 0.25) is 0 Å². The molecule has 1 aromatic rings.